The number of aryl methyl sites for hydroxylation is 2. The lowest BCUT2D eigenvalue weighted by molar-refractivity contribution is -1.02. The van der Waals surface area contributed by atoms with Crippen LogP contribution in [0, 0.1) is 13.8 Å². The summed E-state index contributed by atoms with van der Waals surface area (Å²) in [6.45, 7) is 10.0. The van der Waals surface area contributed by atoms with Gasteiger partial charge in [0.15, 0.2) is 6.54 Å². The molecule has 1 aliphatic heterocycles. The fourth-order valence-corrected chi connectivity index (χ4v) is 3.80. The third-order valence-corrected chi connectivity index (χ3v) is 5.47. The van der Waals surface area contributed by atoms with E-state index in [2.05, 4.69) is 36.5 Å². The van der Waals surface area contributed by atoms with Gasteiger partial charge in [-0.3, -0.25) is 4.79 Å². The maximum absolute atomic E-state index is 12.4. The summed E-state index contributed by atoms with van der Waals surface area (Å²) in [5.41, 5.74) is 4.64. The monoisotopic (exact) mass is 373 g/mol. The zero-order valence-corrected chi connectivity index (χ0v) is 16.3. The van der Waals surface area contributed by atoms with E-state index in [0.29, 0.717) is 11.6 Å². The molecule has 1 heterocycles. The highest BCUT2D eigenvalue weighted by atomic mass is 35.5. The largest absolute Gasteiger partial charge is 0.322 e. The molecule has 5 heteroatoms. The number of anilines is 1. The van der Waals surface area contributed by atoms with Crippen LogP contribution in [0.4, 0.5) is 5.69 Å². The molecule has 138 valence electrons. The highest BCUT2D eigenvalue weighted by Crippen LogP contribution is 2.19. The lowest BCUT2D eigenvalue weighted by atomic mass is 10.1. The lowest BCUT2D eigenvalue weighted by Crippen LogP contribution is -3.28. The fourth-order valence-electron chi connectivity index (χ4n) is 3.58. The van der Waals surface area contributed by atoms with E-state index >= 15 is 0 Å². The topological polar surface area (TPSA) is 38.0 Å². The Bertz CT molecular complexity index is 770. The fraction of sp³-hybridized carbons (Fsp3) is 0.381. The molecule has 1 fully saturated rings. The minimum absolute atomic E-state index is 0.0766. The number of hydrogen-bond acceptors (Lipinski definition) is 1. The number of amides is 1. The molecule has 2 aromatic rings. The van der Waals surface area contributed by atoms with Crippen LogP contribution in [0.3, 0.4) is 0 Å². The minimum atomic E-state index is 0.0766. The van der Waals surface area contributed by atoms with Gasteiger partial charge >= 0.3 is 0 Å². The van der Waals surface area contributed by atoms with Gasteiger partial charge in [0.2, 0.25) is 0 Å². The Hall–Kier alpha value is -1.88. The summed E-state index contributed by atoms with van der Waals surface area (Å²) in [5.74, 6) is 0.0766. The first kappa shape index (κ1) is 18.9. The van der Waals surface area contributed by atoms with Gasteiger partial charge in [0.25, 0.3) is 5.91 Å². The molecule has 0 bridgehead atoms. The van der Waals surface area contributed by atoms with Gasteiger partial charge in [-0.25, -0.2) is 0 Å². The molecule has 1 aliphatic rings. The second-order valence-corrected chi connectivity index (χ2v) is 7.72. The molecular weight excluding hydrogens is 346 g/mol. The summed E-state index contributed by atoms with van der Waals surface area (Å²) < 4.78 is 0. The smallest absolute Gasteiger partial charge is 0.279 e. The second-order valence-electron chi connectivity index (χ2n) is 7.29. The third kappa shape index (κ3) is 5.07. The van der Waals surface area contributed by atoms with Crippen LogP contribution < -0.4 is 15.1 Å². The standard InChI is InChI=1S/C21H26ClN3O/c1-16-5-3-4-6-18(16)14-24-9-11-25(12-10-24)15-21(26)23-20-8-7-19(22)13-17(20)2/h3-8,13H,9-12,14-15H2,1-2H3,(H,23,26)/p+2. The zero-order chi connectivity index (χ0) is 18.5. The first-order valence-electron chi connectivity index (χ1n) is 9.29. The Morgan fingerprint density at radius 2 is 1.69 bits per heavy atom. The number of piperazine rings is 1. The Morgan fingerprint density at radius 1 is 1.00 bits per heavy atom. The van der Waals surface area contributed by atoms with Crippen molar-refractivity contribution in [1.29, 1.82) is 0 Å². The van der Waals surface area contributed by atoms with Crippen molar-refractivity contribution < 1.29 is 14.6 Å². The predicted octanol–water partition coefficient (Wildman–Crippen LogP) is 0.879. The van der Waals surface area contributed by atoms with E-state index in [0.717, 1.165) is 44.0 Å². The maximum Gasteiger partial charge on any atom is 0.279 e. The molecule has 3 rings (SSSR count). The minimum Gasteiger partial charge on any atom is -0.322 e. The van der Waals surface area contributed by atoms with Gasteiger partial charge in [0.05, 0.1) is 0 Å². The Kier molecular flexibility index (Phi) is 6.30. The van der Waals surface area contributed by atoms with Crippen molar-refractivity contribution in [1.82, 2.24) is 0 Å². The van der Waals surface area contributed by atoms with Gasteiger partial charge < -0.3 is 15.1 Å². The molecule has 1 amide bonds. The summed E-state index contributed by atoms with van der Waals surface area (Å²) in [6.07, 6.45) is 0. The number of benzene rings is 2. The first-order chi connectivity index (χ1) is 12.5. The van der Waals surface area contributed by atoms with E-state index in [9.17, 15) is 4.79 Å². The van der Waals surface area contributed by atoms with Gasteiger partial charge in [-0.15, -0.1) is 0 Å². The van der Waals surface area contributed by atoms with Crippen molar-refractivity contribution in [2.45, 2.75) is 20.4 Å². The Morgan fingerprint density at radius 3 is 2.38 bits per heavy atom. The molecule has 0 radical (unpaired) electrons. The van der Waals surface area contributed by atoms with Crippen LogP contribution in [-0.2, 0) is 11.3 Å². The van der Waals surface area contributed by atoms with Crippen LogP contribution in [0.25, 0.3) is 0 Å². The number of rotatable bonds is 5. The molecule has 3 N–H and O–H groups in total. The van der Waals surface area contributed by atoms with E-state index in [4.69, 9.17) is 11.6 Å². The van der Waals surface area contributed by atoms with Gasteiger partial charge in [-0.05, 0) is 43.2 Å². The third-order valence-electron chi connectivity index (χ3n) is 5.24. The van der Waals surface area contributed by atoms with Crippen molar-refractivity contribution in [2.75, 3.05) is 38.0 Å². The van der Waals surface area contributed by atoms with Crippen molar-refractivity contribution in [3.63, 3.8) is 0 Å². The number of hydrogen-bond donors (Lipinski definition) is 3. The molecule has 0 unspecified atom stereocenters. The van der Waals surface area contributed by atoms with Crippen LogP contribution in [0.15, 0.2) is 42.5 Å². The number of carbonyl (C=O) groups is 1. The van der Waals surface area contributed by atoms with Crippen LogP contribution in [-0.4, -0.2) is 38.6 Å². The second kappa shape index (κ2) is 8.67. The molecule has 1 saturated heterocycles. The maximum atomic E-state index is 12.4. The summed E-state index contributed by atoms with van der Waals surface area (Å²) in [4.78, 5) is 15.3. The lowest BCUT2D eigenvalue weighted by Gasteiger charge is -2.29. The van der Waals surface area contributed by atoms with Crippen LogP contribution in [0.2, 0.25) is 5.02 Å². The van der Waals surface area contributed by atoms with E-state index in [1.54, 1.807) is 4.90 Å². The van der Waals surface area contributed by atoms with Crippen molar-refractivity contribution in [3.05, 3.63) is 64.2 Å². The quantitative estimate of drug-likeness (QED) is 0.715. The normalized spacial score (nSPS) is 20.0. The molecule has 2 aromatic carbocycles. The molecule has 0 spiro atoms. The van der Waals surface area contributed by atoms with Gasteiger partial charge in [0, 0.05) is 16.3 Å². The van der Waals surface area contributed by atoms with E-state index in [1.807, 2.05) is 25.1 Å². The van der Waals surface area contributed by atoms with Crippen molar-refractivity contribution in [3.8, 4) is 0 Å². The molecule has 0 saturated carbocycles. The predicted molar refractivity (Wildman–Crippen MR) is 106 cm³/mol. The first-order valence-corrected chi connectivity index (χ1v) is 9.66. The zero-order valence-electron chi connectivity index (χ0n) is 15.6. The van der Waals surface area contributed by atoms with Gasteiger partial charge in [0.1, 0.15) is 32.7 Å². The van der Waals surface area contributed by atoms with Gasteiger partial charge in [-0.2, -0.15) is 0 Å². The van der Waals surface area contributed by atoms with E-state index in [-0.39, 0.29) is 5.91 Å². The summed E-state index contributed by atoms with van der Waals surface area (Å²) >= 11 is 5.97. The van der Waals surface area contributed by atoms with Crippen LogP contribution >= 0.6 is 11.6 Å². The molecule has 4 nitrogen and oxygen atoms in total. The molecular formula is C21H28ClN3O+2. The molecule has 0 aliphatic carbocycles. The highest BCUT2D eigenvalue weighted by molar-refractivity contribution is 6.30. The van der Waals surface area contributed by atoms with E-state index in [1.165, 1.54) is 16.0 Å². The van der Waals surface area contributed by atoms with Gasteiger partial charge in [-0.1, -0.05) is 35.9 Å². The number of halogens is 1. The molecule has 26 heavy (non-hydrogen) atoms. The average molecular weight is 374 g/mol. The number of nitrogens with one attached hydrogen (secondary N) is 3. The van der Waals surface area contributed by atoms with Crippen LogP contribution in [0.5, 0.6) is 0 Å². The Labute approximate surface area is 160 Å². The van der Waals surface area contributed by atoms with Crippen molar-refractivity contribution in [2.24, 2.45) is 0 Å². The SMILES string of the molecule is Cc1ccccc1C[NH+]1CC[NH+](CC(=O)Nc2ccc(Cl)cc2C)CC1. The average Bonchev–Trinajstić information content (AvgIpc) is 2.61. The van der Waals surface area contributed by atoms with E-state index < -0.39 is 0 Å². The van der Waals surface area contributed by atoms with Crippen LogP contribution in [0.1, 0.15) is 16.7 Å². The highest BCUT2D eigenvalue weighted by Gasteiger charge is 2.25. The van der Waals surface area contributed by atoms with Crippen molar-refractivity contribution >= 4 is 23.2 Å². The molecule has 0 atom stereocenters. The summed E-state index contributed by atoms with van der Waals surface area (Å²) in [7, 11) is 0. The summed E-state index contributed by atoms with van der Waals surface area (Å²) in [6, 6.07) is 14.2. The number of carbonyl (C=O) groups excluding carboxylic acids is 1. The molecule has 0 aromatic heterocycles. The Balaban J connectivity index is 1.46. The summed E-state index contributed by atoms with van der Waals surface area (Å²) in [5, 5.41) is 3.71. The number of quaternary nitrogens is 2.